The molecule has 0 unspecified atom stereocenters. The van der Waals surface area contributed by atoms with Crippen molar-refractivity contribution in [1.29, 1.82) is 0 Å². The number of carbonyl (C=O) groups is 1. The summed E-state index contributed by atoms with van der Waals surface area (Å²) in [5.74, 6) is 1.89. The maximum Gasteiger partial charge on any atom is 0.409 e. The van der Waals surface area contributed by atoms with Gasteiger partial charge in [-0.15, -0.1) is 0 Å². The second kappa shape index (κ2) is 9.09. The smallest absolute Gasteiger partial charge is 0.409 e. The molecule has 6 nitrogen and oxygen atoms in total. The Hall–Kier alpha value is -1.86. The minimum absolute atomic E-state index is 0.147. The Bertz CT molecular complexity index is 780. The number of anilines is 1. The van der Waals surface area contributed by atoms with Crippen molar-refractivity contribution in [1.82, 2.24) is 14.2 Å². The fourth-order valence-electron chi connectivity index (χ4n) is 4.27. The highest BCUT2D eigenvalue weighted by molar-refractivity contribution is 7.13. The molecule has 28 heavy (non-hydrogen) atoms. The van der Waals surface area contributed by atoms with Gasteiger partial charge in [-0.25, -0.2) is 4.79 Å². The van der Waals surface area contributed by atoms with E-state index in [9.17, 15) is 4.79 Å². The number of nitrogens with zero attached hydrogens (tertiary/aromatic N) is 4. The van der Waals surface area contributed by atoms with Gasteiger partial charge in [0.05, 0.1) is 11.3 Å². The van der Waals surface area contributed by atoms with E-state index in [4.69, 9.17) is 9.11 Å². The van der Waals surface area contributed by atoms with Gasteiger partial charge in [0.25, 0.3) is 0 Å². The van der Waals surface area contributed by atoms with E-state index in [0.29, 0.717) is 6.61 Å². The SMILES string of the molecule is CCOC(=O)N1CCC(CCN2CCN(c3nsc4ccccc34)CC2)CC1. The van der Waals surface area contributed by atoms with Crippen LogP contribution in [0.1, 0.15) is 26.2 Å². The molecular weight excluding hydrogens is 372 g/mol. The van der Waals surface area contributed by atoms with Gasteiger partial charge in [0.15, 0.2) is 0 Å². The van der Waals surface area contributed by atoms with Gasteiger partial charge in [-0.3, -0.25) is 4.90 Å². The van der Waals surface area contributed by atoms with E-state index < -0.39 is 0 Å². The summed E-state index contributed by atoms with van der Waals surface area (Å²) < 4.78 is 11.1. The molecule has 0 atom stereocenters. The van der Waals surface area contributed by atoms with Crippen molar-refractivity contribution in [2.24, 2.45) is 5.92 Å². The molecule has 2 aliphatic rings. The molecule has 152 valence electrons. The first-order valence-corrected chi connectivity index (χ1v) is 11.3. The fraction of sp³-hybridized carbons (Fsp3) is 0.619. The fourth-order valence-corrected chi connectivity index (χ4v) is 5.06. The Balaban J connectivity index is 1.20. The Labute approximate surface area is 171 Å². The van der Waals surface area contributed by atoms with Gasteiger partial charge >= 0.3 is 6.09 Å². The van der Waals surface area contributed by atoms with Gasteiger partial charge in [-0.05, 0) is 62.3 Å². The molecule has 1 amide bonds. The molecule has 2 saturated heterocycles. The largest absolute Gasteiger partial charge is 0.450 e. The molecule has 3 heterocycles. The predicted molar refractivity (Wildman–Crippen MR) is 114 cm³/mol. The lowest BCUT2D eigenvalue weighted by molar-refractivity contribution is 0.0891. The van der Waals surface area contributed by atoms with Crippen LogP contribution in [0.3, 0.4) is 0 Å². The third kappa shape index (κ3) is 4.41. The summed E-state index contributed by atoms with van der Waals surface area (Å²) in [6.45, 7) is 9.48. The number of aromatic nitrogens is 1. The summed E-state index contributed by atoms with van der Waals surface area (Å²) in [7, 11) is 0. The summed E-state index contributed by atoms with van der Waals surface area (Å²) >= 11 is 1.60. The number of piperazine rings is 1. The zero-order chi connectivity index (χ0) is 19.3. The van der Waals surface area contributed by atoms with Crippen LogP contribution in [-0.4, -0.2) is 72.7 Å². The average molecular weight is 403 g/mol. The van der Waals surface area contributed by atoms with E-state index in [1.165, 1.54) is 16.5 Å². The van der Waals surface area contributed by atoms with E-state index in [-0.39, 0.29) is 6.09 Å². The molecule has 0 saturated carbocycles. The molecule has 0 radical (unpaired) electrons. The minimum Gasteiger partial charge on any atom is -0.450 e. The van der Waals surface area contributed by atoms with Crippen molar-refractivity contribution < 1.29 is 9.53 Å². The van der Waals surface area contributed by atoms with Crippen LogP contribution in [0.25, 0.3) is 10.1 Å². The summed E-state index contributed by atoms with van der Waals surface area (Å²) in [4.78, 5) is 18.7. The molecule has 1 aromatic carbocycles. The number of hydrogen-bond donors (Lipinski definition) is 0. The van der Waals surface area contributed by atoms with Gasteiger partial charge in [0, 0.05) is 44.7 Å². The van der Waals surface area contributed by atoms with Crippen molar-refractivity contribution in [2.75, 3.05) is 57.3 Å². The Morgan fingerprint density at radius 1 is 1.14 bits per heavy atom. The summed E-state index contributed by atoms with van der Waals surface area (Å²) in [6, 6.07) is 8.52. The van der Waals surface area contributed by atoms with E-state index >= 15 is 0 Å². The van der Waals surface area contributed by atoms with Crippen LogP contribution in [0.2, 0.25) is 0 Å². The second-order valence-electron chi connectivity index (χ2n) is 7.75. The first-order chi connectivity index (χ1) is 13.7. The van der Waals surface area contributed by atoms with Crippen molar-refractivity contribution in [3.8, 4) is 0 Å². The molecule has 4 rings (SSSR count). The summed E-state index contributed by atoms with van der Waals surface area (Å²) in [6.07, 6.45) is 3.29. The van der Waals surface area contributed by atoms with E-state index in [1.54, 1.807) is 11.5 Å². The molecule has 2 aromatic rings. The number of likely N-dealkylation sites (tertiary alicyclic amines) is 1. The number of hydrogen-bond acceptors (Lipinski definition) is 6. The molecule has 0 spiro atoms. The predicted octanol–water partition coefficient (Wildman–Crippen LogP) is 3.68. The third-order valence-corrected chi connectivity index (χ3v) is 6.84. The van der Waals surface area contributed by atoms with E-state index in [1.807, 2.05) is 11.8 Å². The van der Waals surface area contributed by atoms with E-state index in [0.717, 1.165) is 70.4 Å². The second-order valence-corrected chi connectivity index (χ2v) is 8.55. The highest BCUT2D eigenvalue weighted by atomic mass is 32.1. The lowest BCUT2D eigenvalue weighted by Crippen LogP contribution is -2.47. The van der Waals surface area contributed by atoms with Crippen molar-refractivity contribution in [3.63, 3.8) is 0 Å². The van der Waals surface area contributed by atoms with Gasteiger partial charge in [-0.2, -0.15) is 4.37 Å². The molecule has 0 bridgehead atoms. The lowest BCUT2D eigenvalue weighted by Gasteiger charge is -2.36. The zero-order valence-corrected chi connectivity index (χ0v) is 17.5. The van der Waals surface area contributed by atoms with Crippen molar-refractivity contribution in [3.05, 3.63) is 24.3 Å². The van der Waals surface area contributed by atoms with Gasteiger partial charge in [0.2, 0.25) is 0 Å². The monoisotopic (exact) mass is 402 g/mol. The molecule has 0 N–H and O–H groups in total. The Morgan fingerprint density at radius 2 is 1.89 bits per heavy atom. The highest BCUT2D eigenvalue weighted by Gasteiger charge is 2.25. The minimum atomic E-state index is -0.147. The number of benzene rings is 1. The molecule has 1 aromatic heterocycles. The third-order valence-electron chi connectivity index (χ3n) is 6.02. The van der Waals surface area contributed by atoms with Crippen LogP contribution >= 0.6 is 11.5 Å². The van der Waals surface area contributed by atoms with Crippen LogP contribution in [0.4, 0.5) is 10.6 Å². The molecule has 2 aliphatic heterocycles. The standard InChI is InChI=1S/C21H30N4O2S/c1-2-27-21(26)25-11-8-17(9-12-25)7-10-23-13-15-24(16-14-23)20-18-5-3-4-6-19(18)28-22-20/h3-6,17H,2,7-16H2,1H3. The Morgan fingerprint density at radius 3 is 2.64 bits per heavy atom. The van der Waals surface area contributed by atoms with Crippen LogP contribution in [0.15, 0.2) is 24.3 Å². The quantitative estimate of drug-likeness (QED) is 0.764. The van der Waals surface area contributed by atoms with Gasteiger partial charge in [-0.1, -0.05) is 12.1 Å². The normalized spacial score (nSPS) is 19.3. The van der Waals surface area contributed by atoms with Gasteiger partial charge < -0.3 is 14.5 Å². The highest BCUT2D eigenvalue weighted by Crippen LogP contribution is 2.30. The van der Waals surface area contributed by atoms with Crippen LogP contribution < -0.4 is 4.90 Å². The number of piperidine rings is 1. The zero-order valence-electron chi connectivity index (χ0n) is 16.7. The molecule has 0 aliphatic carbocycles. The maximum atomic E-state index is 11.8. The van der Waals surface area contributed by atoms with Crippen LogP contribution in [0.5, 0.6) is 0 Å². The number of carbonyl (C=O) groups excluding carboxylic acids is 1. The van der Waals surface area contributed by atoms with Crippen molar-refractivity contribution >= 4 is 33.5 Å². The average Bonchev–Trinajstić information content (AvgIpc) is 3.17. The number of ether oxygens (including phenoxy) is 1. The van der Waals surface area contributed by atoms with Crippen LogP contribution in [-0.2, 0) is 4.74 Å². The molecule has 7 heteroatoms. The number of fused-ring (bicyclic) bond motifs is 1. The van der Waals surface area contributed by atoms with Gasteiger partial charge in [0.1, 0.15) is 5.82 Å². The topological polar surface area (TPSA) is 48.9 Å². The summed E-state index contributed by atoms with van der Waals surface area (Å²) in [5, 5.41) is 1.29. The lowest BCUT2D eigenvalue weighted by atomic mass is 9.93. The molecule has 2 fully saturated rings. The van der Waals surface area contributed by atoms with Crippen molar-refractivity contribution in [2.45, 2.75) is 26.2 Å². The van der Waals surface area contributed by atoms with Crippen LogP contribution in [0, 0.1) is 5.92 Å². The number of rotatable bonds is 5. The van der Waals surface area contributed by atoms with E-state index in [2.05, 4.69) is 34.1 Å². The first kappa shape index (κ1) is 19.5. The molecular formula is C21H30N4O2S. The Kier molecular flexibility index (Phi) is 6.32. The number of amides is 1. The first-order valence-electron chi connectivity index (χ1n) is 10.5. The maximum absolute atomic E-state index is 11.8. The summed E-state index contributed by atoms with van der Waals surface area (Å²) in [5.41, 5.74) is 0.